The summed E-state index contributed by atoms with van der Waals surface area (Å²) < 4.78 is 0. The van der Waals surface area contributed by atoms with Crippen LogP contribution in [0.4, 0.5) is 0 Å². The molecule has 1 amide bonds. The van der Waals surface area contributed by atoms with Crippen LogP contribution in [0.2, 0.25) is 0 Å². The van der Waals surface area contributed by atoms with Crippen molar-refractivity contribution in [2.75, 3.05) is 11.6 Å². The highest BCUT2D eigenvalue weighted by Crippen LogP contribution is 2.04. The molecule has 1 heterocycles. The van der Waals surface area contributed by atoms with Gasteiger partial charge < -0.3 is 5.32 Å². The molecule has 0 radical (unpaired) electrons. The quantitative estimate of drug-likeness (QED) is 0.491. The molecule has 1 aliphatic rings. The van der Waals surface area contributed by atoms with Crippen LogP contribution in [0.5, 0.6) is 0 Å². The van der Waals surface area contributed by atoms with E-state index in [0.29, 0.717) is 6.42 Å². The van der Waals surface area contributed by atoms with Gasteiger partial charge in [0.1, 0.15) is 0 Å². The minimum absolute atomic E-state index is 0.193. The van der Waals surface area contributed by atoms with Crippen molar-refractivity contribution in [2.45, 2.75) is 6.42 Å². The number of amides is 1. The third-order valence-corrected chi connectivity index (χ3v) is 1.69. The van der Waals surface area contributed by atoms with Gasteiger partial charge in [0.25, 0.3) is 0 Å². The second-order valence-electron chi connectivity index (χ2n) is 1.40. The van der Waals surface area contributed by atoms with Crippen LogP contribution in [0.1, 0.15) is 6.42 Å². The van der Waals surface area contributed by atoms with Gasteiger partial charge in [-0.1, -0.05) is 0 Å². The highest BCUT2D eigenvalue weighted by Gasteiger charge is 2.04. The fraction of sp³-hybridized carbons (Fsp3) is 0.750. The molecule has 0 aromatic heterocycles. The molecule has 0 atom stereocenters. The van der Waals surface area contributed by atoms with Crippen molar-refractivity contribution in [3.8, 4) is 0 Å². The standard InChI is InChI=1S/C4H7NOS/c6-4-1-2-7-3-5-4/h1-3H2,(H,5,6). The molecule has 2 nitrogen and oxygen atoms in total. The number of thioether (sulfide) groups is 1. The number of carbonyl (C=O) groups excluding carboxylic acids is 1. The zero-order valence-corrected chi connectivity index (χ0v) is 4.75. The van der Waals surface area contributed by atoms with Gasteiger partial charge in [0.15, 0.2) is 0 Å². The van der Waals surface area contributed by atoms with Gasteiger partial charge in [-0.25, -0.2) is 0 Å². The van der Waals surface area contributed by atoms with E-state index in [1.165, 1.54) is 0 Å². The molecule has 0 bridgehead atoms. The molecule has 1 rings (SSSR count). The van der Waals surface area contributed by atoms with E-state index >= 15 is 0 Å². The summed E-state index contributed by atoms with van der Waals surface area (Å²) in [4.78, 5) is 10.3. The van der Waals surface area contributed by atoms with Crippen molar-refractivity contribution in [3.05, 3.63) is 0 Å². The summed E-state index contributed by atoms with van der Waals surface area (Å²) in [5, 5.41) is 2.71. The molecule has 3 heteroatoms. The lowest BCUT2D eigenvalue weighted by molar-refractivity contribution is -0.120. The molecule has 7 heavy (non-hydrogen) atoms. The fourth-order valence-electron chi connectivity index (χ4n) is 0.457. The van der Waals surface area contributed by atoms with E-state index in [-0.39, 0.29) is 5.91 Å². The van der Waals surface area contributed by atoms with Crippen LogP contribution in [0.3, 0.4) is 0 Å². The molecular weight excluding hydrogens is 110 g/mol. The SMILES string of the molecule is O=C1CCSCN1. The highest BCUT2D eigenvalue weighted by molar-refractivity contribution is 7.99. The second kappa shape index (κ2) is 2.21. The van der Waals surface area contributed by atoms with E-state index < -0.39 is 0 Å². The Balaban J connectivity index is 2.25. The van der Waals surface area contributed by atoms with E-state index in [2.05, 4.69) is 5.32 Å². The first-order valence-electron chi connectivity index (χ1n) is 2.24. The Kier molecular flexibility index (Phi) is 1.57. The normalized spacial score (nSPS) is 21.4. The number of hydrogen-bond donors (Lipinski definition) is 1. The predicted octanol–water partition coefficient (Wildman–Crippen LogP) is 0.197. The molecule has 0 unspecified atom stereocenters. The lowest BCUT2D eigenvalue weighted by Crippen LogP contribution is -2.27. The molecule has 0 spiro atoms. The molecule has 0 aliphatic carbocycles. The zero-order chi connectivity index (χ0) is 5.11. The number of nitrogens with one attached hydrogen (secondary N) is 1. The maximum Gasteiger partial charge on any atom is 0.221 e. The number of hydrogen-bond acceptors (Lipinski definition) is 2. The van der Waals surface area contributed by atoms with E-state index in [1.807, 2.05) is 0 Å². The monoisotopic (exact) mass is 117 g/mol. The second-order valence-corrected chi connectivity index (χ2v) is 2.51. The van der Waals surface area contributed by atoms with Gasteiger partial charge in [-0.2, -0.15) is 0 Å². The summed E-state index contributed by atoms with van der Waals surface area (Å²) >= 11 is 1.77. The molecule has 1 saturated heterocycles. The van der Waals surface area contributed by atoms with Gasteiger partial charge in [0.05, 0.1) is 5.88 Å². The Labute approximate surface area is 46.7 Å². The molecule has 40 valence electrons. The Morgan fingerprint density at radius 1 is 1.71 bits per heavy atom. The topological polar surface area (TPSA) is 29.1 Å². The van der Waals surface area contributed by atoms with Gasteiger partial charge in [0.2, 0.25) is 5.91 Å². The van der Waals surface area contributed by atoms with Crippen LogP contribution < -0.4 is 5.32 Å². The number of rotatable bonds is 0. The maximum absolute atomic E-state index is 10.3. The molecule has 1 aliphatic heterocycles. The summed E-state index contributed by atoms with van der Waals surface area (Å²) in [6.45, 7) is 0. The lowest BCUT2D eigenvalue weighted by Gasteiger charge is -2.08. The number of carbonyl (C=O) groups is 1. The summed E-state index contributed by atoms with van der Waals surface area (Å²) in [5.74, 6) is 1.99. The fourth-order valence-corrected chi connectivity index (χ4v) is 1.19. The highest BCUT2D eigenvalue weighted by atomic mass is 32.2. The minimum atomic E-state index is 0.193. The molecule has 1 fully saturated rings. The lowest BCUT2D eigenvalue weighted by atomic mass is 10.5. The van der Waals surface area contributed by atoms with E-state index in [9.17, 15) is 4.79 Å². The average molecular weight is 117 g/mol. The molecule has 0 saturated carbocycles. The average Bonchev–Trinajstić information content (AvgIpc) is 1.69. The van der Waals surface area contributed by atoms with Crippen molar-refractivity contribution in [1.29, 1.82) is 0 Å². The van der Waals surface area contributed by atoms with Gasteiger partial charge >= 0.3 is 0 Å². The summed E-state index contributed by atoms with van der Waals surface area (Å²) in [5.41, 5.74) is 0. The Morgan fingerprint density at radius 3 is 2.86 bits per heavy atom. The van der Waals surface area contributed by atoms with Crippen molar-refractivity contribution in [3.63, 3.8) is 0 Å². The first-order valence-corrected chi connectivity index (χ1v) is 3.39. The minimum Gasteiger partial charge on any atom is -0.347 e. The third kappa shape index (κ3) is 1.39. The van der Waals surface area contributed by atoms with Crippen molar-refractivity contribution < 1.29 is 4.79 Å². The van der Waals surface area contributed by atoms with Crippen LogP contribution >= 0.6 is 11.8 Å². The molecule has 1 N–H and O–H groups in total. The summed E-state index contributed by atoms with van der Waals surface area (Å²) in [7, 11) is 0. The molecule has 0 aromatic carbocycles. The van der Waals surface area contributed by atoms with Crippen molar-refractivity contribution in [2.24, 2.45) is 0 Å². The van der Waals surface area contributed by atoms with Gasteiger partial charge in [-0.15, -0.1) is 11.8 Å². The third-order valence-electron chi connectivity index (χ3n) is 0.845. The summed E-state index contributed by atoms with van der Waals surface area (Å²) in [6, 6.07) is 0. The Bertz CT molecular complexity index is 75.8. The molecular formula is C4H7NOS. The van der Waals surface area contributed by atoms with Crippen LogP contribution in [-0.2, 0) is 4.79 Å². The Morgan fingerprint density at radius 2 is 2.57 bits per heavy atom. The van der Waals surface area contributed by atoms with Gasteiger partial charge in [0, 0.05) is 12.2 Å². The molecule has 0 aromatic rings. The zero-order valence-electron chi connectivity index (χ0n) is 3.94. The van der Waals surface area contributed by atoms with E-state index in [4.69, 9.17) is 0 Å². The van der Waals surface area contributed by atoms with Gasteiger partial charge in [-0.3, -0.25) is 4.79 Å². The summed E-state index contributed by atoms with van der Waals surface area (Å²) in [6.07, 6.45) is 0.699. The largest absolute Gasteiger partial charge is 0.347 e. The Hall–Kier alpha value is -0.180. The first kappa shape index (κ1) is 4.97. The van der Waals surface area contributed by atoms with Crippen molar-refractivity contribution >= 4 is 17.7 Å². The van der Waals surface area contributed by atoms with Crippen LogP contribution in [0.15, 0.2) is 0 Å². The van der Waals surface area contributed by atoms with Gasteiger partial charge in [-0.05, 0) is 0 Å². The van der Waals surface area contributed by atoms with Crippen LogP contribution in [0.25, 0.3) is 0 Å². The van der Waals surface area contributed by atoms with E-state index in [1.54, 1.807) is 11.8 Å². The van der Waals surface area contributed by atoms with E-state index in [0.717, 1.165) is 11.6 Å². The predicted molar refractivity (Wildman–Crippen MR) is 30.1 cm³/mol. The first-order chi connectivity index (χ1) is 3.39. The van der Waals surface area contributed by atoms with Crippen molar-refractivity contribution in [1.82, 2.24) is 5.32 Å². The van der Waals surface area contributed by atoms with Crippen LogP contribution in [-0.4, -0.2) is 17.5 Å². The van der Waals surface area contributed by atoms with Crippen LogP contribution in [0, 0.1) is 0 Å². The smallest absolute Gasteiger partial charge is 0.221 e. The maximum atomic E-state index is 10.3.